The van der Waals surface area contributed by atoms with Crippen molar-refractivity contribution in [1.29, 1.82) is 0 Å². The van der Waals surface area contributed by atoms with Crippen molar-refractivity contribution in [3.8, 4) is 0 Å². The van der Waals surface area contributed by atoms with Gasteiger partial charge in [-0.05, 0) is 32.7 Å². The second-order valence-corrected chi connectivity index (χ2v) is 10.3. The maximum Gasteiger partial charge on any atom is 0.222 e. The summed E-state index contributed by atoms with van der Waals surface area (Å²) >= 11 is 0. The Hall–Kier alpha value is -1.45. The Morgan fingerprint density at radius 2 is 2.11 bits per heavy atom. The van der Waals surface area contributed by atoms with E-state index >= 15 is 0 Å². The zero-order valence-corrected chi connectivity index (χ0v) is 16.6. The second kappa shape index (κ2) is 7.18. The van der Waals surface area contributed by atoms with E-state index in [0.717, 1.165) is 37.5 Å². The molecule has 0 saturated carbocycles. The molecule has 150 valence electrons. The Morgan fingerprint density at radius 1 is 1.33 bits per heavy atom. The third kappa shape index (κ3) is 4.05. The van der Waals surface area contributed by atoms with Crippen LogP contribution in [0.4, 0.5) is 0 Å². The molecule has 3 aliphatic rings. The van der Waals surface area contributed by atoms with Crippen LogP contribution in [0.5, 0.6) is 0 Å². The molecule has 8 nitrogen and oxygen atoms in total. The third-order valence-corrected chi connectivity index (χ3v) is 7.92. The Morgan fingerprint density at radius 3 is 2.78 bits per heavy atom. The first-order valence-electron chi connectivity index (χ1n) is 9.56. The number of likely N-dealkylation sites (tertiary alicyclic amines) is 1. The van der Waals surface area contributed by atoms with Crippen molar-refractivity contribution in [3.05, 3.63) is 17.0 Å². The van der Waals surface area contributed by atoms with Crippen LogP contribution in [0, 0.1) is 25.7 Å². The summed E-state index contributed by atoms with van der Waals surface area (Å²) in [6, 6.07) is -0.225. The highest BCUT2D eigenvalue weighted by Crippen LogP contribution is 2.36. The van der Waals surface area contributed by atoms with Gasteiger partial charge < -0.3 is 14.6 Å². The number of nitrogens with zero attached hydrogens (tertiary/aromatic N) is 2. The summed E-state index contributed by atoms with van der Waals surface area (Å²) in [5.41, 5.74) is 2.11. The van der Waals surface area contributed by atoms with Crippen LogP contribution in [0.25, 0.3) is 0 Å². The number of sulfone groups is 1. The lowest BCUT2D eigenvalue weighted by Gasteiger charge is -2.35. The molecule has 9 heteroatoms. The normalized spacial score (nSPS) is 30.7. The number of nitrogens with one attached hydrogen (secondary N) is 1. The molecule has 27 heavy (non-hydrogen) atoms. The van der Waals surface area contributed by atoms with Crippen molar-refractivity contribution in [1.82, 2.24) is 15.4 Å². The molecular weight excluding hydrogens is 370 g/mol. The van der Waals surface area contributed by atoms with E-state index in [9.17, 15) is 13.2 Å². The predicted octanol–water partition coefficient (Wildman–Crippen LogP) is 0.432. The summed E-state index contributed by atoms with van der Waals surface area (Å²) in [6.45, 7) is 7.35. The molecule has 1 aromatic rings. The molecule has 4 heterocycles. The highest BCUT2D eigenvalue weighted by atomic mass is 32.2. The van der Waals surface area contributed by atoms with Gasteiger partial charge >= 0.3 is 0 Å². The number of fused-ring (bicyclic) bond motifs is 1. The van der Waals surface area contributed by atoms with Crippen LogP contribution >= 0.6 is 0 Å². The van der Waals surface area contributed by atoms with Gasteiger partial charge in [-0.3, -0.25) is 9.69 Å². The average molecular weight is 397 g/mol. The molecule has 3 atom stereocenters. The van der Waals surface area contributed by atoms with Crippen molar-refractivity contribution in [2.24, 2.45) is 11.8 Å². The number of carbonyl (C=O) groups is 1. The summed E-state index contributed by atoms with van der Waals surface area (Å²) in [4.78, 5) is 14.6. The minimum absolute atomic E-state index is 0.0621. The van der Waals surface area contributed by atoms with E-state index in [4.69, 9.17) is 9.26 Å². The van der Waals surface area contributed by atoms with Crippen LogP contribution in [0.2, 0.25) is 0 Å². The maximum atomic E-state index is 12.2. The Bertz CT molecular complexity index is 789. The largest absolute Gasteiger partial charge is 0.377 e. The van der Waals surface area contributed by atoms with Crippen molar-refractivity contribution in [2.45, 2.75) is 45.4 Å². The fourth-order valence-electron chi connectivity index (χ4n) is 4.58. The lowest BCUT2D eigenvalue weighted by molar-refractivity contribution is -0.124. The molecular formula is C18H27N3O5S. The van der Waals surface area contributed by atoms with Gasteiger partial charge in [-0.15, -0.1) is 0 Å². The minimum atomic E-state index is -2.92. The van der Waals surface area contributed by atoms with Crippen molar-refractivity contribution >= 4 is 15.7 Å². The van der Waals surface area contributed by atoms with Crippen LogP contribution in [0.15, 0.2) is 4.52 Å². The molecule has 0 aliphatic carbocycles. The number of piperidine rings is 1. The number of amides is 1. The van der Waals surface area contributed by atoms with Crippen LogP contribution in [0.1, 0.15) is 29.9 Å². The van der Waals surface area contributed by atoms with Gasteiger partial charge in [-0.25, -0.2) is 8.42 Å². The van der Waals surface area contributed by atoms with Crippen LogP contribution in [-0.2, 0) is 25.9 Å². The number of hydrogen-bond donors (Lipinski definition) is 1. The second-order valence-electron chi connectivity index (χ2n) is 8.17. The van der Waals surface area contributed by atoms with Crippen molar-refractivity contribution < 1.29 is 22.5 Å². The van der Waals surface area contributed by atoms with Crippen LogP contribution < -0.4 is 5.32 Å². The van der Waals surface area contributed by atoms with E-state index in [1.807, 2.05) is 13.8 Å². The van der Waals surface area contributed by atoms with Crippen molar-refractivity contribution in [3.63, 3.8) is 0 Å². The number of rotatable bonds is 5. The molecule has 1 amide bonds. The number of carbonyl (C=O) groups excluding carboxylic acids is 1. The highest BCUT2D eigenvalue weighted by molar-refractivity contribution is 7.92. The minimum Gasteiger partial charge on any atom is -0.377 e. The third-order valence-electron chi connectivity index (χ3n) is 6.10. The van der Waals surface area contributed by atoms with Gasteiger partial charge in [0.1, 0.15) is 5.76 Å². The fraction of sp³-hybridized carbons (Fsp3) is 0.778. The molecule has 3 aliphatic heterocycles. The van der Waals surface area contributed by atoms with E-state index < -0.39 is 9.84 Å². The lowest BCUT2D eigenvalue weighted by atomic mass is 9.83. The SMILES string of the molecule is Cc1noc(C)c1CN1CC[C@@H]2[C@@H](CO[C@H]2CC(=O)NC2CS(=O)(=O)C2)C1. The highest BCUT2D eigenvalue weighted by Gasteiger charge is 2.42. The zero-order valence-electron chi connectivity index (χ0n) is 15.8. The summed E-state index contributed by atoms with van der Waals surface area (Å²) in [5.74, 6) is 1.73. The van der Waals surface area contributed by atoms with Gasteiger partial charge in [0.05, 0.1) is 42.4 Å². The Balaban J connectivity index is 1.27. The monoisotopic (exact) mass is 397 g/mol. The molecule has 0 radical (unpaired) electrons. The van der Waals surface area contributed by atoms with Gasteiger partial charge in [0.2, 0.25) is 5.91 Å². The molecule has 1 N–H and O–H groups in total. The number of aromatic nitrogens is 1. The molecule has 3 fully saturated rings. The van der Waals surface area contributed by atoms with E-state index in [0.29, 0.717) is 24.9 Å². The molecule has 0 bridgehead atoms. The van der Waals surface area contributed by atoms with Gasteiger partial charge in [0, 0.05) is 24.6 Å². The summed E-state index contributed by atoms with van der Waals surface area (Å²) < 4.78 is 33.6. The first-order chi connectivity index (χ1) is 12.8. The summed E-state index contributed by atoms with van der Waals surface area (Å²) in [7, 11) is -2.92. The first-order valence-corrected chi connectivity index (χ1v) is 11.4. The first kappa shape index (κ1) is 18.9. The van der Waals surface area contributed by atoms with E-state index in [1.54, 1.807) is 0 Å². The Labute approximate surface area is 159 Å². The lowest BCUT2D eigenvalue weighted by Crippen LogP contribution is -2.53. The van der Waals surface area contributed by atoms with Crippen LogP contribution in [0.3, 0.4) is 0 Å². The van der Waals surface area contributed by atoms with E-state index in [-0.39, 0.29) is 29.6 Å². The fourth-order valence-corrected chi connectivity index (χ4v) is 5.88. The van der Waals surface area contributed by atoms with Crippen molar-refractivity contribution in [2.75, 3.05) is 31.2 Å². The molecule has 3 saturated heterocycles. The van der Waals surface area contributed by atoms with E-state index in [2.05, 4.69) is 15.4 Å². The molecule has 0 unspecified atom stereocenters. The Kier molecular flexibility index (Phi) is 5.02. The molecule has 0 spiro atoms. The molecule has 1 aromatic heterocycles. The van der Waals surface area contributed by atoms with Gasteiger partial charge in [0.15, 0.2) is 9.84 Å². The van der Waals surface area contributed by atoms with E-state index in [1.165, 1.54) is 5.56 Å². The molecule has 4 rings (SSSR count). The van der Waals surface area contributed by atoms with Gasteiger partial charge in [-0.1, -0.05) is 5.16 Å². The van der Waals surface area contributed by atoms with Gasteiger partial charge in [-0.2, -0.15) is 0 Å². The number of ether oxygens (including phenoxy) is 1. The standard InChI is InChI=1S/C18H27N3O5S/c1-11-16(12(2)26-20-11)7-21-4-3-15-13(6-21)8-25-17(15)5-18(22)19-14-9-27(23,24)10-14/h13-15,17H,3-10H2,1-2H3,(H,19,22)/t13-,15-,17+/m1/s1. The van der Waals surface area contributed by atoms with Gasteiger partial charge in [0.25, 0.3) is 0 Å². The average Bonchev–Trinajstić information content (AvgIpc) is 3.11. The summed E-state index contributed by atoms with van der Waals surface area (Å²) in [6.07, 6.45) is 1.26. The quantitative estimate of drug-likeness (QED) is 0.769. The topological polar surface area (TPSA) is 102 Å². The summed E-state index contributed by atoms with van der Waals surface area (Å²) in [5, 5.41) is 6.85. The zero-order chi connectivity index (χ0) is 19.2. The smallest absolute Gasteiger partial charge is 0.222 e. The molecule has 0 aromatic carbocycles. The van der Waals surface area contributed by atoms with Crippen LogP contribution in [-0.4, -0.2) is 67.7 Å². The predicted molar refractivity (Wildman–Crippen MR) is 97.8 cm³/mol. The maximum absolute atomic E-state index is 12.2. The number of hydrogen-bond acceptors (Lipinski definition) is 7. The number of aryl methyl sites for hydroxylation is 2.